The van der Waals surface area contributed by atoms with Crippen molar-refractivity contribution in [3.05, 3.63) is 35.4 Å². The van der Waals surface area contributed by atoms with Gasteiger partial charge in [0.1, 0.15) is 0 Å². The molecule has 0 spiro atoms. The quantitative estimate of drug-likeness (QED) is 0.590. The van der Waals surface area contributed by atoms with E-state index in [4.69, 9.17) is 0 Å². The number of benzene rings is 1. The van der Waals surface area contributed by atoms with Crippen LogP contribution in [0.3, 0.4) is 0 Å². The lowest BCUT2D eigenvalue weighted by Gasteiger charge is -2.30. The van der Waals surface area contributed by atoms with Crippen molar-refractivity contribution in [1.29, 1.82) is 0 Å². The summed E-state index contributed by atoms with van der Waals surface area (Å²) in [6.07, 6.45) is 11.5. The topological polar surface area (TPSA) is 0 Å². The zero-order valence-electron chi connectivity index (χ0n) is 14.6. The fourth-order valence-corrected chi connectivity index (χ4v) is 3.48. The maximum atomic E-state index is 2.39. The van der Waals surface area contributed by atoms with E-state index in [0.717, 1.165) is 5.92 Å². The van der Waals surface area contributed by atoms with Crippen LogP contribution >= 0.6 is 0 Å². The third kappa shape index (κ3) is 4.59. The van der Waals surface area contributed by atoms with Crippen LogP contribution < -0.4 is 0 Å². The Kier molecular flexibility index (Phi) is 5.90. The molecule has 0 aromatic heterocycles. The second-order valence-electron chi connectivity index (χ2n) is 7.99. The molecule has 1 aromatic carbocycles. The van der Waals surface area contributed by atoms with Gasteiger partial charge in [-0.1, -0.05) is 96.9 Å². The summed E-state index contributed by atoms with van der Waals surface area (Å²) in [6.45, 7) is 9.37. The summed E-state index contributed by atoms with van der Waals surface area (Å²) in [5.41, 5.74) is 3.31. The highest BCUT2D eigenvalue weighted by atomic mass is 14.3. The molecule has 0 heteroatoms. The smallest absolute Gasteiger partial charge is 0.00806 e. The van der Waals surface area contributed by atoms with Crippen LogP contribution in [-0.4, -0.2) is 0 Å². The molecule has 0 radical (unpaired) electrons. The summed E-state index contributed by atoms with van der Waals surface area (Å²) in [5, 5.41) is 0. The number of rotatable bonds is 4. The molecule has 1 aliphatic rings. The normalized spacial score (nSPS) is 18.5. The third-order valence-electron chi connectivity index (χ3n) is 5.89. The van der Waals surface area contributed by atoms with Crippen LogP contribution in [0.1, 0.15) is 83.8 Å². The highest BCUT2D eigenvalue weighted by molar-refractivity contribution is 5.29. The largest absolute Gasteiger partial charge is 0.0619 e. The SMILES string of the molecule is CC(C)C(C)(C)c1ccc(CC2CCCCCCC2)cc1. The molecule has 118 valence electrons. The Morgan fingerprint density at radius 2 is 1.43 bits per heavy atom. The maximum absolute atomic E-state index is 2.39. The molecule has 0 atom stereocenters. The average Bonchev–Trinajstić information content (AvgIpc) is 2.42. The lowest BCUT2D eigenvalue weighted by atomic mass is 9.75. The summed E-state index contributed by atoms with van der Waals surface area (Å²) >= 11 is 0. The van der Waals surface area contributed by atoms with E-state index in [0.29, 0.717) is 5.92 Å². The minimum atomic E-state index is 0.277. The van der Waals surface area contributed by atoms with E-state index in [-0.39, 0.29) is 5.41 Å². The van der Waals surface area contributed by atoms with E-state index >= 15 is 0 Å². The van der Waals surface area contributed by atoms with Crippen LogP contribution in [0.4, 0.5) is 0 Å². The van der Waals surface area contributed by atoms with Gasteiger partial charge in [-0.25, -0.2) is 0 Å². The average molecular weight is 287 g/mol. The van der Waals surface area contributed by atoms with Gasteiger partial charge in [-0.15, -0.1) is 0 Å². The molecule has 0 amide bonds. The van der Waals surface area contributed by atoms with Gasteiger partial charge in [-0.2, -0.15) is 0 Å². The summed E-state index contributed by atoms with van der Waals surface area (Å²) < 4.78 is 0. The van der Waals surface area contributed by atoms with Gasteiger partial charge in [0, 0.05) is 0 Å². The van der Waals surface area contributed by atoms with Gasteiger partial charge in [0.25, 0.3) is 0 Å². The first-order valence-electron chi connectivity index (χ1n) is 9.09. The fraction of sp³-hybridized carbons (Fsp3) is 0.714. The molecule has 1 fully saturated rings. The first kappa shape index (κ1) is 16.6. The van der Waals surface area contributed by atoms with Crippen LogP contribution in [0.15, 0.2) is 24.3 Å². The summed E-state index contributed by atoms with van der Waals surface area (Å²) in [7, 11) is 0. The molecule has 0 heterocycles. The Morgan fingerprint density at radius 1 is 0.905 bits per heavy atom. The standard InChI is InChI=1S/C21H34/c1-17(2)21(3,4)20-14-12-19(13-15-20)16-18-10-8-6-5-7-9-11-18/h12-15,17-18H,5-11,16H2,1-4H3. The van der Waals surface area contributed by atoms with Crippen molar-refractivity contribution >= 4 is 0 Å². The van der Waals surface area contributed by atoms with E-state index < -0.39 is 0 Å². The Hall–Kier alpha value is -0.780. The van der Waals surface area contributed by atoms with E-state index in [9.17, 15) is 0 Å². The number of hydrogen-bond acceptors (Lipinski definition) is 0. The Balaban J connectivity index is 1.98. The van der Waals surface area contributed by atoms with Crippen molar-refractivity contribution in [3.63, 3.8) is 0 Å². The molecular formula is C21H34. The molecular weight excluding hydrogens is 252 g/mol. The first-order valence-corrected chi connectivity index (χ1v) is 9.09. The second kappa shape index (κ2) is 7.47. The van der Waals surface area contributed by atoms with Gasteiger partial charge in [-0.3, -0.25) is 0 Å². The third-order valence-corrected chi connectivity index (χ3v) is 5.89. The predicted octanol–water partition coefficient (Wildman–Crippen LogP) is 6.52. The van der Waals surface area contributed by atoms with E-state index in [1.165, 1.54) is 56.9 Å². The lowest BCUT2D eigenvalue weighted by Crippen LogP contribution is -2.24. The minimum Gasteiger partial charge on any atom is -0.0619 e. The van der Waals surface area contributed by atoms with Crippen LogP contribution in [0, 0.1) is 11.8 Å². The zero-order valence-corrected chi connectivity index (χ0v) is 14.6. The first-order chi connectivity index (χ1) is 10.00. The van der Waals surface area contributed by atoms with Crippen LogP contribution in [-0.2, 0) is 11.8 Å². The van der Waals surface area contributed by atoms with Gasteiger partial charge in [0.05, 0.1) is 0 Å². The van der Waals surface area contributed by atoms with Crippen molar-refractivity contribution in [3.8, 4) is 0 Å². The van der Waals surface area contributed by atoms with Crippen LogP contribution in [0.2, 0.25) is 0 Å². The van der Waals surface area contributed by atoms with Crippen LogP contribution in [0.25, 0.3) is 0 Å². The Bertz CT molecular complexity index is 402. The van der Waals surface area contributed by atoms with E-state index in [1.54, 1.807) is 5.56 Å². The van der Waals surface area contributed by atoms with Gasteiger partial charge in [0.2, 0.25) is 0 Å². The molecule has 2 rings (SSSR count). The molecule has 0 saturated heterocycles. The van der Waals surface area contributed by atoms with Crippen molar-refractivity contribution in [1.82, 2.24) is 0 Å². The van der Waals surface area contributed by atoms with Crippen LogP contribution in [0.5, 0.6) is 0 Å². The monoisotopic (exact) mass is 286 g/mol. The van der Waals surface area contributed by atoms with Crippen molar-refractivity contribution < 1.29 is 0 Å². The van der Waals surface area contributed by atoms with Gasteiger partial charge < -0.3 is 0 Å². The predicted molar refractivity (Wildman–Crippen MR) is 93.8 cm³/mol. The Labute approximate surface area is 132 Å². The van der Waals surface area contributed by atoms with Gasteiger partial charge in [0.15, 0.2) is 0 Å². The second-order valence-corrected chi connectivity index (χ2v) is 7.99. The molecule has 0 bridgehead atoms. The van der Waals surface area contributed by atoms with Gasteiger partial charge in [-0.05, 0) is 34.8 Å². The molecule has 0 N–H and O–H groups in total. The molecule has 1 aromatic rings. The summed E-state index contributed by atoms with van der Waals surface area (Å²) in [4.78, 5) is 0. The molecule has 1 saturated carbocycles. The van der Waals surface area contributed by atoms with Gasteiger partial charge >= 0.3 is 0 Å². The van der Waals surface area contributed by atoms with E-state index in [2.05, 4.69) is 52.0 Å². The maximum Gasteiger partial charge on any atom is -0.00806 e. The summed E-state index contributed by atoms with van der Waals surface area (Å²) in [6, 6.07) is 9.52. The summed E-state index contributed by atoms with van der Waals surface area (Å²) in [5.74, 6) is 1.60. The number of hydrogen-bond donors (Lipinski definition) is 0. The fourth-order valence-electron chi connectivity index (χ4n) is 3.48. The Morgan fingerprint density at radius 3 is 1.95 bits per heavy atom. The molecule has 1 aliphatic carbocycles. The molecule has 21 heavy (non-hydrogen) atoms. The van der Waals surface area contributed by atoms with Crippen molar-refractivity contribution in [2.75, 3.05) is 0 Å². The molecule has 0 unspecified atom stereocenters. The zero-order chi connectivity index (χ0) is 15.3. The van der Waals surface area contributed by atoms with Crippen molar-refractivity contribution in [2.45, 2.75) is 84.5 Å². The highest BCUT2D eigenvalue weighted by Crippen LogP contribution is 2.32. The lowest BCUT2D eigenvalue weighted by molar-refractivity contribution is 0.370. The molecule has 0 aliphatic heterocycles. The minimum absolute atomic E-state index is 0.277. The van der Waals surface area contributed by atoms with E-state index in [1.807, 2.05) is 0 Å². The van der Waals surface area contributed by atoms with Crippen molar-refractivity contribution in [2.24, 2.45) is 11.8 Å². The molecule has 0 nitrogen and oxygen atoms in total. The highest BCUT2D eigenvalue weighted by Gasteiger charge is 2.24.